The van der Waals surface area contributed by atoms with Crippen molar-refractivity contribution in [2.75, 3.05) is 18.4 Å². The van der Waals surface area contributed by atoms with Crippen molar-refractivity contribution < 1.29 is 0 Å². The molecule has 2 atom stereocenters. The van der Waals surface area contributed by atoms with Gasteiger partial charge in [-0.3, -0.25) is 0 Å². The maximum Gasteiger partial charge on any atom is 0.126 e. The molecule has 3 heteroatoms. The summed E-state index contributed by atoms with van der Waals surface area (Å²) in [7, 11) is 0. The lowest BCUT2D eigenvalue weighted by molar-refractivity contribution is 0.346. The van der Waals surface area contributed by atoms with Gasteiger partial charge in [-0.2, -0.15) is 0 Å². The molecule has 15 heavy (non-hydrogen) atoms. The van der Waals surface area contributed by atoms with Crippen molar-refractivity contribution in [1.82, 2.24) is 10.3 Å². The quantitative estimate of drug-likeness (QED) is 0.791. The zero-order valence-corrected chi connectivity index (χ0v) is 9.24. The van der Waals surface area contributed by atoms with Crippen LogP contribution in [0.2, 0.25) is 0 Å². The Morgan fingerprint density at radius 3 is 3.13 bits per heavy atom. The fourth-order valence-corrected chi connectivity index (χ4v) is 2.10. The Morgan fingerprint density at radius 2 is 2.47 bits per heavy atom. The molecule has 2 unspecified atom stereocenters. The van der Waals surface area contributed by atoms with E-state index in [1.807, 2.05) is 24.4 Å². The van der Waals surface area contributed by atoms with Crippen LogP contribution in [-0.2, 0) is 0 Å². The van der Waals surface area contributed by atoms with E-state index in [1.165, 1.54) is 19.4 Å². The Labute approximate surface area is 91.3 Å². The minimum absolute atomic E-state index is 0.493. The van der Waals surface area contributed by atoms with E-state index in [9.17, 15) is 0 Å². The second-order valence-corrected chi connectivity index (χ2v) is 4.25. The average molecular weight is 205 g/mol. The van der Waals surface area contributed by atoms with Crippen molar-refractivity contribution >= 4 is 5.82 Å². The first-order valence-corrected chi connectivity index (χ1v) is 5.74. The van der Waals surface area contributed by atoms with Gasteiger partial charge in [-0.05, 0) is 50.9 Å². The number of anilines is 1. The van der Waals surface area contributed by atoms with E-state index in [0.717, 1.165) is 18.3 Å². The molecule has 2 N–H and O–H groups in total. The van der Waals surface area contributed by atoms with Crippen molar-refractivity contribution in [1.29, 1.82) is 0 Å². The van der Waals surface area contributed by atoms with Crippen LogP contribution in [-0.4, -0.2) is 24.1 Å². The third-order valence-electron chi connectivity index (χ3n) is 3.08. The summed E-state index contributed by atoms with van der Waals surface area (Å²) >= 11 is 0. The summed E-state index contributed by atoms with van der Waals surface area (Å²) in [5, 5.41) is 6.90. The number of hydrogen-bond acceptors (Lipinski definition) is 3. The SMILES string of the molecule is CC(Nc1ccccn1)C1CCCNC1. The maximum absolute atomic E-state index is 4.28. The number of rotatable bonds is 3. The van der Waals surface area contributed by atoms with Gasteiger partial charge in [-0.25, -0.2) is 4.98 Å². The second kappa shape index (κ2) is 5.12. The number of piperidine rings is 1. The predicted octanol–water partition coefficient (Wildman–Crippen LogP) is 1.88. The van der Waals surface area contributed by atoms with Crippen molar-refractivity contribution in [2.24, 2.45) is 5.92 Å². The Balaban J connectivity index is 1.88. The fourth-order valence-electron chi connectivity index (χ4n) is 2.10. The van der Waals surface area contributed by atoms with E-state index in [-0.39, 0.29) is 0 Å². The minimum atomic E-state index is 0.493. The molecule has 1 aromatic rings. The fraction of sp³-hybridized carbons (Fsp3) is 0.583. The lowest BCUT2D eigenvalue weighted by Gasteiger charge is -2.29. The zero-order valence-electron chi connectivity index (χ0n) is 9.24. The van der Waals surface area contributed by atoms with E-state index in [4.69, 9.17) is 0 Å². The normalized spacial score (nSPS) is 23.4. The number of nitrogens with zero attached hydrogens (tertiary/aromatic N) is 1. The molecule has 2 rings (SSSR count). The van der Waals surface area contributed by atoms with Crippen LogP contribution in [0.3, 0.4) is 0 Å². The largest absolute Gasteiger partial charge is 0.367 e. The van der Waals surface area contributed by atoms with Gasteiger partial charge in [0, 0.05) is 12.2 Å². The van der Waals surface area contributed by atoms with Crippen molar-refractivity contribution in [3.05, 3.63) is 24.4 Å². The highest BCUT2D eigenvalue weighted by Crippen LogP contribution is 2.17. The molecule has 0 amide bonds. The molecule has 0 spiro atoms. The molecule has 1 fully saturated rings. The number of pyridine rings is 1. The third-order valence-corrected chi connectivity index (χ3v) is 3.08. The summed E-state index contributed by atoms with van der Waals surface area (Å²) in [6, 6.07) is 6.47. The van der Waals surface area contributed by atoms with Gasteiger partial charge in [0.05, 0.1) is 0 Å². The van der Waals surface area contributed by atoms with E-state index in [2.05, 4.69) is 22.5 Å². The molecule has 1 aliphatic rings. The van der Waals surface area contributed by atoms with Gasteiger partial charge in [-0.1, -0.05) is 6.07 Å². The number of hydrogen-bond donors (Lipinski definition) is 2. The van der Waals surface area contributed by atoms with E-state index in [1.54, 1.807) is 0 Å². The maximum atomic E-state index is 4.28. The highest BCUT2D eigenvalue weighted by Gasteiger charge is 2.19. The Hall–Kier alpha value is -1.09. The molecular formula is C12H19N3. The van der Waals surface area contributed by atoms with E-state index < -0.39 is 0 Å². The second-order valence-electron chi connectivity index (χ2n) is 4.25. The summed E-state index contributed by atoms with van der Waals surface area (Å²) in [6.45, 7) is 4.54. The van der Waals surface area contributed by atoms with Gasteiger partial charge in [0.15, 0.2) is 0 Å². The Morgan fingerprint density at radius 1 is 1.53 bits per heavy atom. The summed E-state index contributed by atoms with van der Waals surface area (Å²) < 4.78 is 0. The third kappa shape index (κ3) is 2.93. The molecule has 0 radical (unpaired) electrons. The van der Waals surface area contributed by atoms with Gasteiger partial charge >= 0.3 is 0 Å². The van der Waals surface area contributed by atoms with Gasteiger partial charge < -0.3 is 10.6 Å². The van der Waals surface area contributed by atoms with Crippen LogP contribution in [0.1, 0.15) is 19.8 Å². The zero-order chi connectivity index (χ0) is 10.5. The summed E-state index contributed by atoms with van der Waals surface area (Å²) in [6.07, 6.45) is 4.43. The van der Waals surface area contributed by atoms with E-state index >= 15 is 0 Å². The molecule has 2 heterocycles. The van der Waals surface area contributed by atoms with Crippen LogP contribution in [0.15, 0.2) is 24.4 Å². The summed E-state index contributed by atoms with van der Waals surface area (Å²) in [5.41, 5.74) is 0. The molecule has 0 bridgehead atoms. The van der Waals surface area contributed by atoms with Crippen molar-refractivity contribution in [2.45, 2.75) is 25.8 Å². The summed E-state index contributed by atoms with van der Waals surface area (Å²) in [5.74, 6) is 1.70. The first kappa shape index (κ1) is 10.4. The average Bonchev–Trinajstić information content (AvgIpc) is 2.31. The van der Waals surface area contributed by atoms with E-state index in [0.29, 0.717) is 6.04 Å². The molecule has 0 aromatic carbocycles. The highest BCUT2D eigenvalue weighted by atomic mass is 15.0. The molecule has 1 saturated heterocycles. The molecule has 1 aliphatic heterocycles. The molecule has 3 nitrogen and oxygen atoms in total. The highest BCUT2D eigenvalue weighted by molar-refractivity contribution is 5.34. The van der Waals surface area contributed by atoms with Crippen molar-refractivity contribution in [3.8, 4) is 0 Å². The smallest absolute Gasteiger partial charge is 0.126 e. The first-order chi connectivity index (χ1) is 7.36. The van der Waals surface area contributed by atoms with Gasteiger partial charge in [0.1, 0.15) is 5.82 Å². The monoisotopic (exact) mass is 205 g/mol. The molecule has 0 aliphatic carbocycles. The van der Waals surface area contributed by atoms with Crippen LogP contribution in [0.5, 0.6) is 0 Å². The lowest BCUT2D eigenvalue weighted by Crippen LogP contribution is -2.38. The molecule has 0 saturated carbocycles. The lowest BCUT2D eigenvalue weighted by atomic mass is 9.93. The van der Waals surface area contributed by atoms with Gasteiger partial charge in [-0.15, -0.1) is 0 Å². The van der Waals surface area contributed by atoms with Gasteiger partial charge in [0.2, 0.25) is 0 Å². The minimum Gasteiger partial charge on any atom is -0.367 e. The molecular weight excluding hydrogens is 186 g/mol. The van der Waals surface area contributed by atoms with Crippen LogP contribution in [0.25, 0.3) is 0 Å². The standard InChI is InChI=1S/C12H19N3/c1-10(11-5-4-7-13-9-11)15-12-6-2-3-8-14-12/h2-3,6,8,10-11,13H,4-5,7,9H2,1H3,(H,14,15). The van der Waals surface area contributed by atoms with Crippen LogP contribution >= 0.6 is 0 Å². The summed E-state index contributed by atoms with van der Waals surface area (Å²) in [4.78, 5) is 4.28. The van der Waals surface area contributed by atoms with Crippen LogP contribution in [0, 0.1) is 5.92 Å². The van der Waals surface area contributed by atoms with Crippen molar-refractivity contribution in [3.63, 3.8) is 0 Å². The van der Waals surface area contributed by atoms with Crippen LogP contribution < -0.4 is 10.6 Å². The first-order valence-electron chi connectivity index (χ1n) is 5.74. The Kier molecular flexibility index (Phi) is 3.56. The number of aromatic nitrogens is 1. The predicted molar refractivity (Wildman–Crippen MR) is 62.9 cm³/mol. The van der Waals surface area contributed by atoms with Crippen LogP contribution in [0.4, 0.5) is 5.82 Å². The number of nitrogens with one attached hydrogen (secondary N) is 2. The van der Waals surface area contributed by atoms with Gasteiger partial charge in [0.25, 0.3) is 0 Å². The molecule has 82 valence electrons. The molecule has 1 aromatic heterocycles. The Bertz CT molecular complexity index is 280. The topological polar surface area (TPSA) is 37.0 Å².